The van der Waals surface area contributed by atoms with Crippen molar-refractivity contribution in [2.24, 2.45) is 0 Å². The Balaban J connectivity index is 1.65. The van der Waals surface area contributed by atoms with Crippen molar-refractivity contribution in [3.05, 3.63) is 71.3 Å². The molecule has 1 saturated heterocycles. The monoisotopic (exact) mass is 340 g/mol. The van der Waals surface area contributed by atoms with Crippen LogP contribution >= 0.6 is 11.8 Å². The molecule has 24 heavy (non-hydrogen) atoms. The van der Waals surface area contributed by atoms with Crippen LogP contribution in [-0.2, 0) is 6.54 Å². The molecule has 1 heterocycles. The Bertz CT molecular complexity index is 670. The summed E-state index contributed by atoms with van der Waals surface area (Å²) in [5.41, 5.74) is 3.66. The number of nitrogens with one attached hydrogen (secondary N) is 1. The van der Waals surface area contributed by atoms with Gasteiger partial charge in [0, 0.05) is 18.8 Å². The fourth-order valence-corrected chi connectivity index (χ4v) is 4.13. The van der Waals surface area contributed by atoms with Gasteiger partial charge in [0.2, 0.25) is 0 Å². The smallest absolute Gasteiger partial charge is 0.318 e. The lowest BCUT2D eigenvalue weighted by Crippen LogP contribution is -2.39. The first kappa shape index (κ1) is 16.9. The lowest BCUT2D eigenvalue weighted by Gasteiger charge is -2.24. The number of carbonyl (C=O) groups is 1. The summed E-state index contributed by atoms with van der Waals surface area (Å²) in [6.07, 6.45) is 0. The summed E-state index contributed by atoms with van der Waals surface area (Å²) in [4.78, 5) is 14.5. The van der Waals surface area contributed by atoms with E-state index >= 15 is 0 Å². The molecule has 1 aliphatic rings. The number of hydrogen-bond acceptors (Lipinski definition) is 2. The SMILES string of the molecule is CC(C)c1ccc(C2SCCN2C(=O)NCc2ccccc2)cc1. The molecule has 1 atom stereocenters. The molecular formula is C20H24N2OS. The van der Waals surface area contributed by atoms with E-state index in [-0.39, 0.29) is 11.4 Å². The van der Waals surface area contributed by atoms with Gasteiger partial charge in [-0.2, -0.15) is 0 Å². The molecule has 0 aromatic heterocycles. The van der Waals surface area contributed by atoms with Crippen LogP contribution in [0.4, 0.5) is 4.79 Å². The van der Waals surface area contributed by atoms with E-state index < -0.39 is 0 Å². The van der Waals surface area contributed by atoms with Gasteiger partial charge in [0.25, 0.3) is 0 Å². The Hall–Kier alpha value is -1.94. The number of benzene rings is 2. The van der Waals surface area contributed by atoms with Crippen molar-refractivity contribution in [2.45, 2.75) is 31.7 Å². The van der Waals surface area contributed by atoms with Crippen LogP contribution in [0.3, 0.4) is 0 Å². The van der Waals surface area contributed by atoms with E-state index in [0.717, 1.165) is 17.9 Å². The van der Waals surface area contributed by atoms with E-state index in [2.05, 4.69) is 43.4 Å². The Morgan fingerprint density at radius 1 is 1.17 bits per heavy atom. The van der Waals surface area contributed by atoms with Crippen LogP contribution in [0.25, 0.3) is 0 Å². The van der Waals surface area contributed by atoms with Crippen LogP contribution in [0.2, 0.25) is 0 Å². The van der Waals surface area contributed by atoms with E-state index in [1.807, 2.05) is 47.0 Å². The third-order valence-corrected chi connectivity index (χ3v) is 5.59. The Morgan fingerprint density at radius 3 is 2.54 bits per heavy atom. The standard InChI is InChI=1S/C20H24N2OS/c1-15(2)17-8-10-18(11-9-17)19-22(12-13-24-19)20(23)21-14-16-6-4-3-5-7-16/h3-11,15,19H,12-14H2,1-2H3,(H,21,23). The average Bonchev–Trinajstić information content (AvgIpc) is 3.10. The summed E-state index contributed by atoms with van der Waals surface area (Å²) in [5, 5.41) is 3.16. The van der Waals surface area contributed by atoms with Crippen molar-refractivity contribution in [2.75, 3.05) is 12.3 Å². The molecule has 4 heteroatoms. The van der Waals surface area contributed by atoms with E-state index in [4.69, 9.17) is 0 Å². The van der Waals surface area contributed by atoms with Crippen LogP contribution < -0.4 is 5.32 Å². The molecular weight excluding hydrogens is 316 g/mol. The highest BCUT2D eigenvalue weighted by Gasteiger charge is 2.30. The van der Waals surface area contributed by atoms with Crippen molar-refractivity contribution in [3.63, 3.8) is 0 Å². The lowest BCUT2D eigenvalue weighted by molar-refractivity contribution is 0.200. The summed E-state index contributed by atoms with van der Waals surface area (Å²) in [6, 6.07) is 18.7. The molecule has 3 nitrogen and oxygen atoms in total. The number of nitrogens with zero attached hydrogens (tertiary/aromatic N) is 1. The minimum atomic E-state index is 0.0155. The number of carbonyl (C=O) groups excluding carboxylic acids is 1. The second-order valence-electron chi connectivity index (χ2n) is 6.38. The third kappa shape index (κ3) is 3.93. The summed E-state index contributed by atoms with van der Waals surface area (Å²) >= 11 is 1.83. The van der Waals surface area contributed by atoms with Crippen LogP contribution in [0.15, 0.2) is 54.6 Å². The van der Waals surface area contributed by atoms with E-state index in [0.29, 0.717) is 12.5 Å². The fraction of sp³-hybridized carbons (Fsp3) is 0.350. The van der Waals surface area contributed by atoms with Crippen LogP contribution in [0.5, 0.6) is 0 Å². The number of thioether (sulfide) groups is 1. The molecule has 0 spiro atoms. The van der Waals surface area contributed by atoms with Crippen LogP contribution in [-0.4, -0.2) is 23.2 Å². The van der Waals surface area contributed by atoms with Crippen molar-refractivity contribution in [3.8, 4) is 0 Å². The topological polar surface area (TPSA) is 32.3 Å². The van der Waals surface area contributed by atoms with Gasteiger partial charge in [-0.05, 0) is 22.6 Å². The van der Waals surface area contributed by atoms with Gasteiger partial charge >= 0.3 is 6.03 Å². The van der Waals surface area contributed by atoms with Gasteiger partial charge in [0.05, 0.1) is 0 Å². The highest BCUT2D eigenvalue weighted by Crippen LogP contribution is 2.38. The maximum atomic E-state index is 12.6. The number of amides is 2. The maximum Gasteiger partial charge on any atom is 0.318 e. The van der Waals surface area contributed by atoms with Crippen molar-refractivity contribution >= 4 is 17.8 Å². The zero-order valence-corrected chi connectivity index (χ0v) is 15.1. The molecule has 3 rings (SSSR count). The summed E-state index contributed by atoms with van der Waals surface area (Å²) < 4.78 is 0. The fourth-order valence-electron chi connectivity index (χ4n) is 2.87. The van der Waals surface area contributed by atoms with Gasteiger partial charge in [-0.1, -0.05) is 68.4 Å². The molecule has 1 N–H and O–H groups in total. The molecule has 0 saturated carbocycles. The summed E-state index contributed by atoms with van der Waals surface area (Å²) in [5.74, 6) is 1.51. The first-order valence-corrected chi connectivity index (χ1v) is 9.50. The number of urea groups is 1. The molecule has 1 unspecified atom stereocenters. The second kappa shape index (κ2) is 7.75. The van der Waals surface area contributed by atoms with Crippen LogP contribution in [0, 0.1) is 0 Å². The van der Waals surface area contributed by atoms with Gasteiger partial charge in [-0.25, -0.2) is 4.79 Å². The number of rotatable bonds is 4. The Morgan fingerprint density at radius 2 is 1.88 bits per heavy atom. The first-order chi connectivity index (χ1) is 11.6. The van der Waals surface area contributed by atoms with Gasteiger partial charge in [-0.15, -0.1) is 11.8 Å². The van der Waals surface area contributed by atoms with E-state index in [1.165, 1.54) is 11.1 Å². The van der Waals surface area contributed by atoms with Crippen molar-refractivity contribution < 1.29 is 4.79 Å². The van der Waals surface area contributed by atoms with Gasteiger partial charge in [-0.3, -0.25) is 0 Å². The van der Waals surface area contributed by atoms with Gasteiger partial charge in [0.1, 0.15) is 5.37 Å². The van der Waals surface area contributed by atoms with E-state index in [1.54, 1.807) is 0 Å². The van der Waals surface area contributed by atoms with Crippen molar-refractivity contribution in [1.82, 2.24) is 10.2 Å². The predicted octanol–water partition coefficient (Wildman–Crippen LogP) is 4.77. The third-order valence-electron chi connectivity index (χ3n) is 4.33. The van der Waals surface area contributed by atoms with Gasteiger partial charge < -0.3 is 10.2 Å². The zero-order valence-electron chi connectivity index (χ0n) is 14.2. The Labute approximate surface area is 148 Å². The molecule has 1 fully saturated rings. The molecule has 2 aromatic carbocycles. The molecule has 2 aromatic rings. The second-order valence-corrected chi connectivity index (χ2v) is 7.57. The summed E-state index contributed by atoms with van der Waals surface area (Å²) in [6.45, 7) is 5.76. The molecule has 1 aliphatic heterocycles. The highest BCUT2D eigenvalue weighted by molar-refractivity contribution is 7.99. The molecule has 0 aliphatic carbocycles. The number of hydrogen-bond donors (Lipinski definition) is 1. The average molecular weight is 340 g/mol. The molecule has 2 amide bonds. The zero-order chi connectivity index (χ0) is 16.9. The molecule has 0 bridgehead atoms. The van der Waals surface area contributed by atoms with Gasteiger partial charge in [0.15, 0.2) is 0 Å². The quantitative estimate of drug-likeness (QED) is 0.870. The van der Waals surface area contributed by atoms with Crippen LogP contribution in [0.1, 0.15) is 41.8 Å². The lowest BCUT2D eigenvalue weighted by atomic mass is 10.0. The first-order valence-electron chi connectivity index (χ1n) is 8.45. The summed E-state index contributed by atoms with van der Waals surface area (Å²) in [7, 11) is 0. The normalized spacial score (nSPS) is 17.3. The largest absolute Gasteiger partial charge is 0.334 e. The minimum absolute atomic E-state index is 0.0155. The van der Waals surface area contributed by atoms with E-state index in [9.17, 15) is 4.79 Å². The van der Waals surface area contributed by atoms with Crippen molar-refractivity contribution in [1.29, 1.82) is 0 Å². The molecule has 126 valence electrons. The molecule has 0 radical (unpaired) electrons. The maximum absolute atomic E-state index is 12.6. The predicted molar refractivity (Wildman–Crippen MR) is 101 cm³/mol. The highest BCUT2D eigenvalue weighted by atomic mass is 32.2. The Kier molecular flexibility index (Phi) is 5.46. The minimum Gasteiger partial charge on any atom is -0.334 e.